The molecule has 3 amide bonds. The number of carbonyl (C=O) groups excluding carboxylic acids is 3. The Morgan fingerprint density at radius 2 is 1.80 bits per heavy atom. The molecule has 0 saturated carbocycles. The number of aryl methyl sites for hydroxylation is 1. The summed E-state index contributed by atoms with van der Waals surface area (Å²) in [5.41, 5.74) is 1.12. The maximum atomic E-state index is 12.9. The van der Waals surface area contributed by atoms with E-state index in [2.05, 4.69) is 10.1 Å². The number of likely N-dealkylation sites (tertiary alicyclic amines) is 1. The van der Waals surface area contributed by atoms with E-state index in [-0.39, 0.29) is 24.6 Å². The van der Waals surface area contributed by atoms with Crippen molar-refractivity contribution in [2.45, 2.75) is 71.5 Å². The number of carbonyl (C=O) groups is 3. The molecule has 1 unspecified atom stereocenters. The van der Waals surface area contributed by atoms with Crippen LogP contribution in [0, 0.1) is 5.92 Å². The maximum Gasteiger partial charge on any atom is 0.410 e. The van der Waals surface area contributed by atoms with Gasteiger partial charge in [0.25, 0.3) is 0 Å². The second-order valence-electron chi connectivity index (χ2n) is 10.2. The summed E-state index contributed by atoms with van der Waals surface area (Å²) in [6.07, 6.45) is 2.47. The van der Waals surface area contributed by atoms with Gasteiger partial charge in [0.2, 0.25) is 0 Å². The number of rotatable bonds is 9. The lowest BCUT2D eigenvalue weighted by molar-refractivity contribution is -0.140. The number of hydrogen-bond donors (Lipinski definition) is 2. The van der Waals surface area contributed by atoms with Gasteiger partial charge in [-0.05, 0) is 77.0 Å². The summed E-state index contributed by atoms with van der Waals surface area (Å²) in [4.78, 5) is 39.9. The van der Waals surface area contributed by atoms with Crippen LogP contribution in [0.3, 0.4) is 0 Å². The number of methoxy groups -OCH3 is 1. The molecule has 1 aliphatic rings. The number of benzene rings is 1. The lowest BCUT2D eigenvalue weighted by Crippen LogP contribution is -2.43. The molecule has 9 nitrogen and oxygen atoms in total. The lowest BCUT2D eigenvalue weighted by Gasteiger charge is -2.34. The normalized spacial score (nSPS) is 15.3. The second-order valence-corrected chi connectivity index (χ2v) is 10.2. The smallest absolute Gasteiger partial charge is 0.410 e. The largest absolute Gasteiger partial charge is 0.469 e. The summed E-state index contributed by atoms with van der Waals surface area (Å²) in [5.74, 6) is 0.138. The first-order valence-corrected chi connectivity index (χ1v) is 12.3. The average molecular weight is 492 g/mol. The zero-order chi connectivity index (χ0) is 26.0. The fourth-order valence-electron chi connectivity index (χ4n) is 3.97. The molecule has 2 N–H and O–H groups in total. The molecule has 1 heterocycles. The Morgan fingerprint density at radius 3 is 2.34 bits per heavy atom. The van der Waals surface area contributed by atoms with Gasteiger partial charge in [-0.25, -0.2) is 9.59 Å². The molecule has 1 aromatic rings. The first-order valence-electron chi connectivity index (χ1n) is 12.3. The van der Waals surface area contributed by atoms with Crippen molar-refractivity contribution in [3.05, 3.63) is 29.8 Å². The van der Waals surface area contributed by atoms with E-state index in [4.69, 9.17) is 4.74 Å². The molecule has 35 heavy (non-hydrogen) atoms. The van der Waals surface area contributed by atoms with Crippen molar-refractivity contribution in [2.24, 2.45) is 5.92 Å². The molecule has 9 heteroatoms. The number of aliphatic hydroxyl groups is 1. The van der Waals surface area contributed by atoms with Gasteiger partial charge in [0, 0.05) is 38.3 Å². The first-order chi connectivity index (χ1) is 16.5. The molecule has 1 aliphatic heterocycles. The van der Waals surface area contributed by atoms with Gasteiger partial charge < -0.3 is 29.7 Å². The van der Waals surface area contributed by atoms with Crippen molar-refractivity contribution < 1.29 is 29.0 Å². The first kappa shape index (κ1) is 28.4. The second kappa shape index (κ2) is 13.3. The summed E-state index contributed by atoms with van der Waals surface area (Å²) in [7, 11) is 1.37. The lowest BCUT2D eigenvalue weighted by atomic mass is 9.93. The van der Waals surface area contributed by atoms with E-state index in [1.54, 1.807) is 28.9 Å². The maximum absolute atomic E-state index is 12.9. The molecule has 0 radical (unpaired) electrons. The molecule has 196 valence electrons. The average Bonchev–Trinajstić information content (AvgIpc) is 2.80. The van der Waals surface area contributed by atoms with Gasteiger partial charge in [-0.2, -0.15) is 0 Å². The molecule has 2 rings (SSSR count). The van der Waals surface area contributed by atoms with Crippen LogP contribution in [0.5, 0.6) is 0 Å². The van der Waals surface area contributed by atoms with Crippen molar-refractivity contribution >= 4 is 23.8 Å². The molecule has 1 fully saturated rings. The summed E-state index contributed by atoms with van der Waals surface area (Å²) in [6, 6.07) is 7.08. The highest BCUT2D eigenvalue weighted by Gasteiger charge is 2.27. The molecule has 1 atom stereocenters. The Hall–Kier alpha value is -2.81. The van der Waals surface area contributed by atoms with E-state index >= 15 is 0 Å². The fraction of sp³-hybridized carbons (Fsp3) is 0.654. The highest BCUT2D eigenvalue weighted by atomic mass is 16.6. The highest BCUT2D eigenvalue weighted by Crippen LogP contribution is 2.23. The standard InChI is InChI=1S/C26H41N3O6/c1-19(30)18-29(17-14-21-12-15-28(16-13-21)25(33)35-26(2,3)4)24(32)27-22-9-6-20(7-10-22)8-11-23(31)34-5/h6-7,9-10,19,21,30H,8,11-18H2,1-5H3,(H,27,32). The van der Waals surface area contributed by atoms with Crippen LogP contribution < -0.4 is 5.32 Å². The van der Waals surface area contributed by atoms with Gasteiger partial charge in [-0.3, -0.25) is 4.79 Å². The van der Waals surface area contributed by atoms with Crippen LogP contribution in [-0.4, -0.2) is 78.0 Å². The third kappa shape index (κ3) is 10.5. The monoisotopic (exact) mass is 491 g/mol. The predicted molar refractivity (Wildman–Crippen MR) is 134 cm³/mol. The minimum Gasteiger partial charge on any atom is -0.469 e. The van der Waals surface area contributed by atoms with Gasteiger partial charge in [-0.1, -0.05) is 12.1 Å². The van der Waals surface area contributed by atoms with E-state index < -0.39 is 11.7 Å². The van der Waals surface area contributed by atoms with Crippen molar-refractivity contribution in [2.75, 3.05) is 38.6 Å². The van der Waals surface area contributed by atoms with E-state index in [0.717, 1.165) is 24.8 Å². The van der Waals surface area contributed by atoms with Gasteiger partial charge in [-0.15, -0.1) is 0 Å². The number of esters is 1. The highest BCUT2D eigenvalue weighted by molar-refractivity contribution is 5.89. The number of nitrogens with one attached hydrogen (secondary N) is 1. The molecule has 0 aromatic heterocycles. The van der Waals surface area contributed by atoms with Crippen molar-refractivity contribution in [3.63, 3.8) is 0 Å². The zero-order valence-electron chi connectivity index (χ0n) is 21.7. The Labute approximate surface area is 208 Å². The predicted octanol–water partition coefficient (Wildman–Crippen LogP) is 4.04. The zero-order valence-corrected chi connectivity index (χ0v) is 21.7. The van der Waals surface area contributed by atoms with Crippen LogP contribution in [0.15, 0.2) is 24.3 Å². The number of urea groups is 1. The molecule has 0 spiro atoms. The fourth-order valence-corrected chi connectivity index (χ4v) is 3.97. The number of piperidine rings is 1. The minimum absolute atomic E-state index is 0.236. The molecular formula is C26H41N3O6. The van der Waals surface area contributed by atoms with Crippen LogP contribution >= 0.6 is 0 Å². The molecule has 1 aromatic carbocycles. The third-order valence-electron chi connectivity index (χ3n) is 5.90. The summed E-state index contributed by atoms with van der Waals surface area (Å²) >= 11 is 0. The Morgan fingerprint density at radius 1 is 1.17 bits per heavy atom. The van der Waals surface area contributed by atoms with E-state index in [9.17, 15) is 19.5 Å². The Bertz CT molecular complexity index is 826. The third-order valence-corrected chi connectivity index (χ3v) is 5.90. The van der Waals surface area contributed by atoms with Crippen molar-refractivity contribution in [1.82, 2.24) is 9.80 Å². The Kier molecular flexibility index (Phi) is 10.8. The van der Waals surface area contributed by atoms with Crippen LogP contribution in [0.2, 0.25) is 0 Å². The number of anilines is 1. The molecule has 1 saturated heterocycles. The van der Waals surface area contributed by atoms with Crippen LogP contribution in [0.4, 0.5) is 15.3 Å². The summed E-state index contributed by atoms with van der Waals surface area (Å²) < 4.78 is 10.1. The molecule has 0 bridgehead atoms. The van der Waals surface area contributed by atoms with E-state index in [1.165, 1.54) is 7.11 Å². The summed E-state index contributed by atoms with van der Waals surface area (Å²) in [5, 5.41) is 12.8. The van der Waals surface area contributed by atoms with Crippen molar-refractivity contribution in [3.8, 4) is 0 Å². The van der Waals surface area contributed by atoms with Gasteiger partial charge >= 0.3 is 18.1 Å². The summed E-state index contributed by atoms with van der Waals surface area (Å²) in [6.45, 7) is 9.28. The van der Waals surface area contributed by atoms with Crippen LogP contribution in [0.25, 0.3) is 0 Å². The van der Waals surface area contributed by atoms with Crippen LogP contribution in [0.1, 0.15) is 58.9 Å². The topological polar surface area (TPSA) is 108 Å². The van der Waals surface area contributed by atoms with Gasteiger partial charge in [0.05, 0.1) is 13.2 Å². The van der Waals surface area contributed by atoms with Gasteiger partial charge in [0.15, 0.2) is 0 Å². The number of hydrogen-bond acceptors (Lipinski definition) is 6. The number of ether oxygens (including phenoxy) is 2. The molecular weight excluding hydrogens is 450 g/mol. The van der Waals surface area contributed by atoms with E-state index in [0.29, 0.717) is 44.1 Å². The van der Waals surface area contributed by atoms with Gasteiger partial charge in [0.1, 0.15) is 5.60 Å². The minimum atomic E-state index is -0.643. The quantitative estimate of drug-likeness (QED) is 0.505. The molecule has 0 aliphatic carbocycles. The number of amides is 3. The SMILES string of the molecule is COC(=O)CCc1ccc(NC(=O)N(CCC2CCN(C(=O)OC(C)(C)C)CC2)CC(C)O)cc1. The van der Waals surface area contributed by atoms with Crippen LogP contribution in [-0.2, 0) is 20.7 Å². The number of nitrogens with zero attached hydrogens (tertiary/aromatic N) is 2. The Balaban J connectivity index is 1.84. The van der Waals surface area contributed by atoms with E-state index in [1.807, 2.05) is 32.9 Å². The van der Waals surface area contributed by atoms with Crippen molar-refractivity contribution in [1.29, 1.82) is 0 Å². The number of aliphatic hydroxyl groups excluding tert-OH is 1.